The molecule has 0 saturated carbocycles. The smallest absolute Gasteiger partial charge is 0.316 e. The summed E-state index contributed by atoms with van der Waals surface area (Å²) in [5.41, 5.74) is 2.03. The number of ether oxygens (including phenoxy) is 1. The first-order valence-electron chi connectivity index (χ1n) is 9.30. The van der Waals surface area contributed by atoms with Crippen molar-refractivity contribution in [3.8, 4) is 17.2 Å². The van der Waals surface area contributed by atoms with Gasteiger partial charge in [0.15, 0.2) is 5.78 Å². The summed E-state index contributed by atoms with van der Waals surface area (Å²) >= 11 is 1.11. The molecule has 0 amide bonds. The highest BCUT2D eigenvalue weighted by molar-refractivity contribution is 7.99. The van der Waals surface area contributed by atoms with Crippen LogP contribution in [-0.4, -0.2) is 29.1 Å². The summed E-state index contributed by atoms with van der Waals surface area (Å²) in [5, 5.41) is 10.2. The van der Waals surface area contributed by atoms with Crippen molar-refractivity contribution < 1.29 is 18.7 Å². The number of nitrogens with zero attached hydrogens (tertiary/aromatic N) is 2. The number of aromatic nitrogens is 1. The quantitative estimate of drug-likeness (QED) is 0.529. The predicted molar refractivity (Wildman–Crippen MR) is 108 cm³/mol. The second-order valence-corrected chi connectivity index (χ2v) is 8.61. The van der Waals surface area contributed by atoms with Crippen molar-refractivity contribution in [2.75, 3.05) is 12.4 Å². The summed E-state index contributed by atoms with van der Waals surface area (Å²) in [4.78, 5) is 29.4. The van der Waals surface area contributed by atoms with Crippen LogP contribution >= 0.6 is 11.8 Å². The normalized spacial score (nSPS) is 14.8. The Balaban J connectivity index is 2.19. The summed E-state index contributed by atoms with van der Waals surface area (Å²) in [7, 11) is 0. The molecule has 0 N–H and O–H groups in total. The van der Waals surface area contributed by atoms with E-state index in [9.17, 15) is 19.2 Å². The lowest BCUT2D eigenvalue weighted by Gasteiger charge is -2.31. The maximum Gasteiger partial charge on any atom is 0.316 e. The van der Waals surface area contributed by atoms with Gasteiger partial charge in [-0.3, -0.25) is 9.59 Å². The van der Waals surface area contributed by atoms with E-state index in [4.69, 9.17) is 4.74 Å². The molecule has 0 bridgehead atoms. The third-order valence-corrected chi connectivity index (χ3v) is 5.63. The van der Waals surface area contributed by atoms with Crippen molar-refractivity contribution in [2.45, 2.75) is 38.6 Å². The largest absolute Gasteiger partial charge is 0.465 e. The lowest BCUT2D eigenvalue weighted by Crippen LogP contribution is -2.29. The summed E-state index contributed by atoms with van der Waals surface area (Å²) in [5.74, 6) is -0.879. The number of benzene rings is 1. The number of pyridine rings is 1. The molecule has 1 aliphatic rings. The molecule has 7 heteroatoms. The fraction of sp³-hybridized carbons (Fsp3) is 0.364. The number of esters is 1. The molecule has 3 rings (SSSR count). The minimum atomic E-state index is -0.403. The van der Waals surface area contributed by atoms with Crippen molar-refractivity contribution in [1.29, 1.82) is 5.26 Å². The zero-order valence-electron chi connectivity index (χ0n) is 16.5. The Morgan fingerprint density at radius 3 is 2.59 bits per heavy atom. The van der Waals surface area contributed by atoms with Gasteiger partial charge in [-0.15, -0.1) is 0 Å². The number of rotatable bonds is 5. The Labute approximate surface area is 173 Å². The molecule has 1 aliphatic carbocycles. The molecular weight excluding hydrogens is 391 g/mol. The van der Waals surface area contributed by atoms with Crippen LogP contribution in [0.25, 0.3) is 11.1 Å². The van der Waals surface area contributed by atoms with Gasteiger partial charge in [-0.25, -0.2) is 9.37 Å². The number of nitriles is 1. The molecule has 0 fully saturated rings. The molecule has 29 heavy (non-hydrogen) atoms. The number of halogens is 1. The van der Waals surface area contributed by atoms with Crippen LogP contribution in [0.15, 0.2) is 29.3 Å². The zero-order valence-corrected chi connectivity index (χ0v) is 17.4. The average molecular weight is 412 g/mol. The van der Waals surface area contributed by atoms with Gasteiger partial charge in [0.05, 0.1) is 23.6 Å². The van der Waals surface area contributed by atoms with Crippen LogP contribution in [0.1, 0.15) is 48.8 Å². The summed E-state index contributed by atoms with van der Waals surface area (Å²) in [6.45, 7) is 5.99. The lowest BCUT2D eigenvalue weighted by atomic mass is 9.73. The minimum Gasteiger partial charge on any atom is -0.465 e. The number of hydrogen-bond acceptors (Lipinski definition) is 6. The van der Waals surface area contributed by atoms with E-state index in [1.54, 1.807) is 19.1 Å². The van der Waals surface area contributed by atoms with E-state index >= 15 is 0 Å². The second-order valence-electron chi connectivity index (χ2n) is 7.64. The molecule has 5 nitrogen and oxygen atoms in total. The lowest BCUT2D eigenvalue weighted by molar-refractivity contribution is -0.139. The third-order valence-electron chi connectivity index (χ3n) is 4.68. The molecule has 1 aromatic carbocycles. The first kappa shape index (κ1) is 21.0. The average Bonchev–Trinajstić information content (AvgIpc) is 2.65. The van der Waals surface area contributed by atoms with Crippen LogP contribution in [0.2, 0.25) is 0 Å². The van der Waals surface area contributed by atoms with Gasteiger partial charge in [0.2, 0.25) is 0 Å². The van der Waals surface area contributed by atoms with Crippen molar-refractivity contribution in [3.63, 3.8) is 0 Å². The molecule has 2 aromatic rings. The van der Waals surface area contributed by atoms with E-state index in [0.29, 0.717) is 40.3 Å². The van der Waals surface area contributed by atoms with E-state index in [1.807, 2.05) is 13.8 Å². The van der Waals surface area contributed by atoms with Gasteiger partial charge in [0, 0.05) is 17.5 Å². The van der Waals surface area contributed by atoms with E-state index in [0.717, 1.165) is 11.8 Å². The van der Waals surface area contributed by atoms with Crippen molar-refractivity contribution in [2.24, 2.45) is 5.41 Å². The Hall–Kier alpha value is -2.72. The Morgan fingerprint density at radius 1 is 1.28 bits per heavy atom. The highest BCUT2D eigenvalue weighted by atomic mass is 32.2. The summed E-state index contributed by atoms with van der Waals surface area (Å²) < 4.78 is 18.4. The van der Waals surface area contributed by atoms with Gasteiger partial charge in [0.25, 0.3) is 0 Å². The third kappa shape index (κ3) is 4.48. The molecule has 0 saturated heterocycles. The summed E-state index contributed by atoms with van der Waals surface area (Å²) in [6, 6.07) is 7.85. The maximum atomic E-state index is 13.5. The van der Waals surface area contributed by atoms with Crippen LogP contribution in [-0.2, 0) is 16.0 Å². The van der Waals surface area contributed by atoms with Gasteiger partial charge in [-0.2, -0.15) is 5.26 Å². The maximum absolute atomic E-state index is 13.5. The highest BCUT2D eigenvalue weighted by Gasteiger charge is 2.36. The van der Waals surface area contributed by atoms with Crippen LogP contribution < -0.4 is 0 Å². The van der Waals surface area contributed by atoms with E-state index < -0.39 is 11.8 Å². The number of thioether (sulfide) groups is 1. The number of ketones is 1. The Kier molecular flexibility index (Phi) is 6.04. The number of Topliss-reactive ketones (excluding diaryl/α,β-unsaturated/α-hetero) is 1. The summed E-state index contributed by atoms with van der Waals surface area (Å²) in [6.07, 6.45) is 0.914. The fourth-order valence-electron chi connectivity index (χ4n) is 3.52. The van der Waals surface area contributed by atoms with Gasteiger partial charge >= 0.3 is 5.97 Å². The standard InChI is InChI=1S/C22H21FN2O3S/c1-4-28-18(27)12-29-21-15(11-24)19(13-5-7-14(23)8-6-13)20-16(25-21)9-22(2,3)10-17(20)26/h5-8H,4,9-10,12H2,1-3H3. The molecule has 0 radical (unpaired) electrons. The second kappa shape index (κ2) is 8.34. The van der Waals surface area contributed by atoms with Crippen molar-refractivity contribution in [3.05, 3.63) is 46.9 Å². The highest BCUT2D eigenvalue weighted by Crippen LogP contribution is 2.42. The van der Waals surface area contributed by atoms with Gasteiger partial charge in [0.1, 0.15) is 16.9 Å². The van der Waals surface area contributed by atoms with E-state index in [1.165, 1.54) is 12.1 Å². The molecule has 0 spiro atoms. The van der Waals surface area contributed by atoms with Gasteiger partial charge in [-0.1, -0.05) is 37.7 Å². The van der Waals surface area contributed by atoms with Crippen LogP contribution in [0, 0.1) is 22.6 Å². The Morgan fingerprint density at radius 2 is 1.97 bits per heavy atom. The Bertz CT molecular complexity index is 1010. The van der Waals surface area contributed by atoms with Crippen molar-refractivity contribution in [1.82, 2.24) is 4.98 Å². The van der Waals surface area contributed by atoms with Crippen molar-refractivity contribution >= 4 is 23.5 Å². The molecule has 1 heterocycles. The predicted octanol–water partition coefficient (Wildman–Crippen LogP) is 4.57. The fourth-order valence-corrected chi connectivity index (χ4v) is 4.33. The minimum absolute atomic E-state index is 0.00844. The van der Waals surface area contributed by atoms with Crippen LogP contribution in [0.5, 0.6) is 0 Å². The van der Waals surface area contributed by atoms with Crippen LogP contribution in [0.4, 0.5) is 4.39 Å². The van der Waals surface area contributed by atoms with E-state index in [2.05, 4.69) is 11.1 Å². The van der Waals surface area contributed by atoms with Gasteiger partial charge in [-0.05, 0) is 36.5 Å². The molecule has 0 atom stereocenters. The number of fused-ring (bicyclic) bond motifs is 1. The number of hydrogen-bond donors (Lipinski definition) is 0. The number of carbonyl (C=O) groups is 2. The molecule has 0 unspecified atom stereocenters. The number of carbonyl (C=O) groups excluding carboxylic acids is 2. The molecule has 1 aromatic heterocycles. The van der Waals surface area contributed by atoms with E-state index in [-0.39, 0.29) is 29.1 Å². The molecule has 0 aliphatic heterocycles. The topological polar surface area (TPSA) is 80.0 Å². The SMILES string of the molecule is CCOC(=O)CSc1nc2c(c(-c3ccc(F)cc3)c1C#N)C(=O)CC(C)(C)C2. The monoisotopic (exact) mass is 412 g/mol. The van der Waals surface area contributed by atoms with Gasteiger partial charge < -0.3 is 4.74 Å². The zero-order chi connectivity index (χ0) is 21.2. The first-order valence-corrected chi connectivity index (χ1v) is 10.3. The molecular formula is C22H21FN2O3S. The first-order chi connectivity index (χ1) is 13.8. The van der Waals surface area contributed by atoms with Crippen LogP contribution in [0.3, 0.4) is 0 Å². The molecule has 150 valence electrons.